The molecule has 2 rings (SSSR count). The van der Waals surface area contributed by atoms with Gasteiger partial charge in [-0.1, -0.05) is 0 Å². The lowest BCUT2D eigenvalue weighted by Crippen LogP contribution is -2.42. The van der Waals surface area contributed by atoms with Crippen LogP contribution in [-0.2, 0) is 14.3 Å². The number of carbonyl (C=O) groups is 1. The maximum Gasteiger partial charge on any atom is 0.221 e. The molecule has 2 aliphatic rings. The molecular formula is C13H25N3O3. The number of nitrogens with zero attached hydrogens (tertiary/aromatic N) is 2. The first-order chi connectivity index (χ1) is 9.34. The van der Waals surface area contributed by atoms with Gasteiger partial charge in [0.05, 0.1) is 26.4 Å². The molecule has 0 aliphatic carbocycles. The Balaban J connectivity index is 1.49. The number of amides is 1. The van der Waals surface area contributed by atoms with Crippen LogP contribution in [0.4, 0.5) is 0 Å². The molecule has 0 aromatic heterocycles. The van der Waals surface area contributed by atoms with Crippen molar-refractivity contribution in [1.82, 2.24) is 15.1 Å². The van der Waals surface area contributed by atoms with Crippen molar-refractivity contribution in [3.8, 4) is 0 Å². The lowest BCUT2D eigenvalue weighted by Gasteiger charge is -2.27. The second kappa shape index (κ2) is 8.47. The second-order valence-corrected chi connectivity index (χ2v) is 5.01. The minimum Gasteiger partial charge on any atom is -0.379 e. The van der Waals surface area contributed by atoms with Crippen LogP contribution in [-0.4, -0.2) is 87.9 Å². The molecule has 0 aromatic carbocycles. The van der Waals surface area contributed by atoms with Gasteiger partial charge in [0.25, 0.3) is 0 Å². The molecule has 0 atom stereocenters. The van der Waals surface area contributed by atoms with Gasteiger partial charge in [0, 0.05) is 52.2 Å². The van der Waals surface area contributed by atoms with E-state index in [1.54, 1.807) is 0 Å². The number of nitrogens with one attached hydrogen (secondary N) is 1. The fraction of sp³-hybridized carbons (Fsp3) is 0.923. The first-order valence-electron chi connectivity index (χ1n) is 7.21. The Labute approximate surface area is 115 Å². The van der Waals surface area contributed by atoms with Crippen molar-refractivity contribution in [2.45, 2.75) is 6.42 Å². The summed E-state index contributed by atoms with van der Waals surface area (Å²) < 4.78 is 10.6. The van der Waals surface area contributed by atoms with E-state index in [1.807, 2.05) is 0 Å². The van der Waals surface area contributed by atoms with Gasteiger partial charge in [0.2, 0.25) is 5.91 Å². The summed E-state index contributed by atoms with van der Waals surface area (Å²) in [6.07, 6.45) is 0.586. The first kappa shape index (κ1) is 14.7. The van der Waals surface area contributed by atoms with Crippen LogP contribution in [0.3, 0.4) is 0 Å². The summed E-state index contributed by atoms with van der Waals surface area (Å²) >= 11 is 0. The van der Waals surface area contributed by atoms with E-state index in [9.17, 15) is 4.79 Å². The fourth-order valence-corrected chi connectivity index (χ4v) is 2.35. The predicted molar refractivity (Wildman–Crippen MR) is 72.1 cm³/mol. The average Bonchev–Trinajstić information content (AvgIpc) is 2.47. The number of carbonyl (C=O) groups excluding carboxylic acids is 1. The Bertz CT molecular complexity index is 264. The Kier molecular flexibility index (Phi) is 6.56. The maximum absolute atomic E-state index is 11.7. The number of hydrogen-bond acceptors (Lipinski definition) is 5. The van der Waals surface area contributed by atoms with E-state index in [-0.39, 0.29) is 5.91 Å². The third kappa shape index (κ3) is 5.86. The Hall–Kier alpha value is -0.690. The highest BCUT2D eigenvalue weighted by Gasteiger charge is 2.13. The lowest BCUT2D eigenvalue weighted by atomic mass is 10.3. The monoisotopic (exact) mass is 271 g/mol. The molecule has 0 saturated carbocycles. The van der Waals surface area contributed by atoms with Crippen molar-refractivity contribution >= 4 is 5.91 Å². The van der Waals surface area contributed by atoms with Gasteiger partial charge in [0.1, 0.15) is 0 Å². The highest BCUT2D eigenvalue weighted by Crippen LogP contribution is 1.98. The molecule has 1 amide bonds. The van der Waals surface area contributed by atoms with Gasteiger partial charge in [-0.25, -0.2) is 0 Å². The summed E-state index contributed by atoms with van der Waals surface area (Å²) in [6.45, 7) is 9.55. The van der Waals surface area contributed by atoms with E-state index >= 15 is 0 Å². The van der Waals surface area contributed by atoms with Crippen LogP contribution < -0.4 is 5.32 Å². The van der Waals surface area contributed by atoms with Crippen LogP contribution in [0.25, 0.3) is 0 Å². The van der Waals surface area contributed by atoms with E-state index in [4.69, 9.17) is 9.47 Å². The fourth-order valence-electron chi connectivity index (χ4n) is 2.35. The smallest absolute Gasteiger partial charge is 0.221 e. The van der Waals surface area contributed by atoms with Crippen LogP contribution in [0.5, 0.6) is 0 Å². The third-order valence-corrected chi connectivity index (χ3v) is 3.61. The zero-order chi connectivity index (χ0) is 13.3. The minimum atomic E-state index is 0.153. The minimum absolute atomic E-state index is 0.153. The average molecular weight is 271 g/mol. The third-order valence-electron chi connectivity index (χ3n) is 3.61. The van der Waals surface area contributed by atoms with Crippen LogP contribution in [0.2, 0.25) is 0 Å². The van der Waals surface area contributed by atoms with Gasteiger partial charge in [-0.05, 0) is 0 Å². The molecule has 2 saturated heterocycles. The van der Waals surface area contributed by atoms with Crippen LogP contribution in [0.1, 0.15) is 6.42 Å². The number of morpholine rings is 2. The Morgan fingerprint density at radius 2 is 1.42 bits per heavy atom. The van der Waals surface area contributed by atoms with Gasteiger partial charge in [0.15, 0.2) is 0 Å². The van der Waals surface area contributed by atoms with E-state index < -0.39 is 0 Å². The van der Waals surface area contributed by atoms with Crippen LogP contribution >= 0.6 is 0 Å². The number of rotatable bonds is 6. The van der Waals surface area contributed by atoms with E-state index in [2.05, 4.69) is 15.1 Å². The second-order valence-electron chi connectivity index (χ2n) is 5.01. The van der Waals surface area contributed by atoms with Crippen molar-refractivity contribution < 1.29 is 14.3 Å². The van der Waals surface area contributed by atoms with Crippen LogP contribution in [0.15, 0.2) is 0 Å². The normalized spacial score (nSPS) is 22.3. The summed E-state index contributed by atoms with van der Waals surface area (Å²) in [6, 6.07) is 0. The summed E-state index contributed by atoms with van der Waals surface area (Å²) in [7, 11) is 0. The van der Waals surface area contributed by atoms with Crippen molar-refractivity contribution in [3.63, 3.8) is 0 Å². The molecule has 19 heavy (non-hydrogen) atoms. The molecule has 1 N–H and O–H groups in total. The van der Waals surface area contributed by atoms with E-state index in [1.165, 1.54) is 0 Å². The molecule has 2 aliphatic heterocycles. The molecule has 0 radical (unpaired) electrons. The molecule has 110 valence electrons. The molecule has 0 aromatic rings. The van der Waals surface area contributed by atoms with E-state index in [0.29, 0.717) is 6.42 Å². The predicted octanol–water partition coefficient (Wildman–Crippen LogP) is -0.843. The largest absolute Gasteiger partial charge is 0.379 e. The summed E-state index contributed by atoms with van der Waals surface area (Å²) in [5.41, 5.74) is 0. The van der Waals surface area contributed by atoms with Gasteiger partial charge in [-0.3, -0.25) is 14.6 Å². The van der Waals surface area contributed by atoms with Gasteiger partial charge >= 0.3 is 0 Å². The SMILES string of the molecule is O=C(CCN1CCOCC1)NCCN1CCOCC1. The standard InChI is InChI=1S/C13H25N3O3/c17-13(1-3-15-5-9-18-10-6-15)14-2-4-16-7-11-19-12-8-16/h1-12H2,(H,14,17). The highest BCUT2D eigenvalue weighted by molar-refractivity contribution is 5.76. The Morgan fingerprint density at radius 3 is 2.00 bits per heavy atom. The number of ether oxygens (including phenoxy) is 2. The molecule has 2 fully saturated rings. The molecule has 6 nitrogen and oxygen atoms in total. The topological polar surface area (TPSA) is 54.0 Å². The van der Waals surface area contributed by atoms with Gasteiger partial charge < -0.3 is 14.8 Å². The molecule has 6 heteroatoms. The molecule has 2 heterocycles. The van der Waals surface area contributed by atoms with Gasteiger partial charge in [-0.15, -0.1) is 0 Å². The van der Waals surface area contributed by atoms with Crippen LogP contribution in [0, 0.1) is 0 Å². The highest BCUT2D eigenvalue weighted by atomic mass is 16.5. The van der Waals surface area contributed by atoms with Crippen molar-refractivity contribution in [2.24, 2.45) is 0 Å². The molecule has 0 bridgehead atoms. The summed E-state index contributed by atoms with van der Waals surface area (Å²) in [5.74, 6) is 0.153. The maximum atomic E-state index is 11.7. The lowest BCUT2D eigenvalue weighted by molar-refractivity contribution is -0.121. The molecule has 0 unspecified atom stereocenters. The Morgan fingerprint density at radius 1 is 0.895 bits per heavy atom. The summed E-state index contributed by atoms with van der Waals surface area (Å²) in [4.78, 5) is 16.3. The quantitative estimate of drug-likeness (QED) is 0.682. The van der Waals surface area contributed by atoms with Gasteiger partial charge in [-0.2, -0.15) is 0 Å². The van der Waals surface area contributed by atoms with Crippen molar-refractivity contribution in [1.29, 1.82) is 0 Å². The first-order valence-corrected chi connectivity index (χ1v) is 7.21. The molecular weight excluding hydrogens is 246 g/mol. The zero-order valence-electron chi connectivity index (χ0n) is 11.6. The zero-order valence-corrected chi connectivity index (χ0v) is 11.6. The number of hydrogen-bond donors (Lipinski definition) is 1. The van der Waals surface area contributed by atoms with Crippen molar-refractivity contribution in [2.75, 3.05) is 72.2 Å². The summed E-state index contributed by atoms with van der Waals surface area (Å²) in [5, 5.41) is 2.99. The van der Waals surface area contributed by atoms with E-state index in [0.717, 1.165) is 72.2 Å². The van der Waals surface area contributed by atoms with Crippen molar-refractivity contribution in [3.05, 3.63) is 0 Å². The molecule has 0 spiro atoms.